The van der Waals surface area contributed by atoms with Crippen molar-refractivity contribution in [2.24, 2.45) is 0 Å². The number of hydrogen-bond donors (Lipinski definition) is 1. The zero-order valence-electron chi connectivity index (χ0n) is 11.6. The molecule has 0 saturated heterocycles. The Morgan fingerprint density at radius 2 is 2.00 bits per heavy atom. The van der Waals surface area contributed by atoms with Gasteiger partial charge in [-0.25, -0.2) is 9.97 Å². The molecule has 1 N–H and O–H groups in total. The molecule has 0 spiro atoms. The van der Waals surface area contributed by atoms with Crippen LogP contribution in [0.4, 0.5) is 5.82 Å². The molecule has 1 heterocycles. The molecule has 0 fully saturated rings. The van der Waals surface area contributed by atoms with E-state index in [4.69, 9.17) is 0 Å². The lowest BCUT2D eigenvalue weighted by molar-refractivity contribution is 0.891. The molecule has 1 aromatic heterocycles. The van der Waals surface area contributed by atoms with Gasteiger partial charge in [0.25, 0.3) is 0 Å². The molecule has 2 aromatic rings. The molecule has 19 heavy (non-hydrogen) atoms. The Bertz CT molecular complexity index is 533. The van der Waals surface area contributed by atoms with Crippen LogP contribution in [0.25, 0.3) is 0 Å². The predicted octanol–water partition coefficient (Wildman–Crippen LogP) is 3.68. The van der Waals surface area contributed by atoms with E-state index in [0.29, 0.717) is 0 Å². The summed E-state index contributed by atoms with van der Waals surface area (Å²) in [5, 5.41) is 4.11. The largest absolute Gasteiger partial charge is 0.373 e. The summed E-state index contributed by atoms with van der Waals surface area (Å²) in [5.41, 5.74) is 2.68. The third-order valence-electron chi connectivity index (χ3n) is 2.96. The number of benzene rings is 1. The first-order valence-corrected chi connectivity index (χ1v) is 7.44. The fourth-order valence-electron chi connectivity index (χ4n) is 1.76. The summed E-state index contributed by atoms with van der Waals surface area (Å²) in [6.45, 7) is 4.22. The van der Waals surface area contributed by atoms with Crippen LogP contribution in [0.5, 0.6) is 0 Å². The maximum Gasteiger partial charge on any atom is 0.131 e. The number of rotatable bonds is 5. The molecule has 100 valence electrons. The highest BCUT2D eigenvalue weighted by Crippen LogP contribution is 2.24. The van der Waals surface area contributed by atoms with E-state index in [1.165, 1.54) is 11.1 Å². The highest BCUT2D eigenvalue weighted by Gasteiger charge is 2.04. The minimum absolute atomic E-state index is 0.855. The van der Waals surface area contributed by atoms with Crippen LogP contribution in [0, 0.1) is 6.92 Å². The zero-order chi connectivity index (χ0) is 13.7. The van der Waals surface area contributed by atoms with Gasteiger partial charge in [-0.05, 0) is 18.1 Å². The Morgan fingerprint density at radius 3 is 2.68 bits per heavy atom. The van der Waals surface area contributed by atoms with Gasteiger partial charge in [-0.3, -0.25) is 0 Å². The van der Waals surface area contributed by atoms with Crippen molar-refractivity contribution < 1.29 is 0 Å². The fraction of sp³-hybridized carbons (Fsp3) is 0.333. The van der Waals surface area contributed by atoms with Crippen LogP contribution in [0.15, 0.2) is 35.4 Å². The molecule has 2 rings (SSSR count). The van der Waals surface area contributed by atoms with Crippen LogP contribution in [0.1, 0.15) is 23.9 Å². The lowest BCUT2D eigenvalue weighted by Crippen LogP contribution is -2.00. The molecule has 0 atom stereocenters. The highest BCUT2D eigenvalue weighted by atomic mass is 32.2. The van der Waals surface area contributed by atoms with Gasteiger partial charge in [0.1, 0.15) is 16.7 Å². The van der Waals surface area contributed by atoms with E-state index in [1.807, 2.05) is 13.1 Å². The van der Waals surface area contributed by atoms with E-state index in [-0.39, 0.29) is 0 Å². The molecule has 0 saturated carbocycles. The Balaban J connectivity index is 2.13. The van der Waals surface area contributed by atoms with Crippen molar-refractivity contribution in [3.05, 3.63) is 47.3 Å². The average Bonchev–Trinajstić information content (AvgIpc) is 2.46. The van der Waals surface area contributed by atoms with Gasteiger partial charge < -0.3 is 5.32 Å². The summed E-state index contributed by atoms with van der Waals surface area (Å²) in [6, 6.07) is 10.5. The van der Waals surface area contributed by atoms with Gasteiger partial charge in [0, 0.05) is 25.3 Å². The summed E-state index contributed by atoms with van der Waals surface area (Å²) in [7, 11) is 1.89. The van der Waals surface area contributed by atoms with Crippen molar-refractivity contribution >= 4 is 17.6 Å². The van der Waals surface area contributed by atoms with Gasteiger partial charge in [0.05, 0.1) is 0 Å². The minimum Gasteiger partial charge on any atom is -0.373 e. The number of nitrogens with zero attached hydrogens (tertiary/aromatic N) is 2. The van der Waals surface area contributed by atoms with Crippen molar-refractivity contribution in [2.45, 2.75) is 31.0 Å². The van der Waals surface area contributed by atoms with Crippen LogP contribution in [-0.2, 0) is 12.2 Å². The van der Waals surface area contributed by atoms with E-state index in [2.05, 4.69) is 53.4 Å². The van der Waals surface area contributed by atoms with Crippen LogP contribution < -0.4 is 5.32 Å². The topological polar surface area (TPSA) is 37.8 Å². The molecule has 1 aromatic carbocycles. The molecule has 0 amide bonds. The van der Waals surface area contributed by atoms with Crippen molar-refractivity contribution in [1.29, 1.82) is 0 Å². The van der Waals surface area contributed by atoms with Crippen molar-refractivity contribution in [3.8, 4) is 0 Å². The number of nitrogens with one attached hydrogen (secondary N) is 1. The lowest BCUT2D eigenvalue weighted by Gasteiger charge is -2.08. The third kappa shape index (κ3) is 3.70. The number of thioether (sulfide) groups is 1. The van der Waals surface area contributed by atoms with Gasteiger partial charge >= 0.3 is 0 Å². The summed E-state index contributed by atoms with van der Waals surface area (Å²) < 4.78 is 0. The second-order valence-electron chi connectivity index (χ2n) is 4.33. The summed E-state index contributed by atoms with van der Waals surface area (Å²) >= 11 is 1.76. The molecule has 0 aliphatic heterocycles. The molecule has 0 aliphatic carbocycles. The van der Waals surface area contributed by atoms with E-state index >= 15 is 0 Å². The van der Waals surface area contributed by atoms with Crippen LogP contribution in [-0.4, -0.2) is 17.0 Å². The maximum absolute atomic E-state index is 4.56. The highest BCUT2D eigenvalue weighted by molar-refractivity contribution is 7.98. The van der Waals surface area contributed by atoms with Gasteiger partial charge in [0.15, 0.2) is 0 Å². The number of aromatic nitrogens is 2. The zero-order valence-corrected chi connectivity index (χ0v) is 12.4. The molecule has 3 nitrogen and oxygen atoms in total. The normalized spacial score (nSPS) is 10.5. The van der Waals surface area contributed by atoms with Crippen LogP contribution >= 0.6 is 11.8 Å². The lowest BCUT2D eigenvalue weighted by atomic mass is 10.1. The monoisotopic (exact) mass is 273 g/mol. The van der Waals surface area contributed by atoms with Crippen LogP contribution in [0.2, 0.25) is 0 Å². The Hall–Kier alpha value is -1.55. The van der Waals surface area contributed by atoms with Gasteiger partial charge in [-0.1, -0.05) is 31.2 Å². The molecule has 0 aliphatic rings. The fourth-order valence-corrected chi connectivity index (χ4v) is 2.75. The van der Waals surface area contributed by atoms with Gasteiger partial charge in [-0.15, -0.1) is 11.8 Å². The molecular formula is C15H19N3S. The number of aryl methyl sites for hydroxylation is 2. The van der Waals surface area contributed by atoms with Gasteiger partial charge in [0.2, 0.25) is 0 Å². The number of anilines is 1. The van der Waals surface area contributed by atoms with E-state index in [1.54, 1.807) is 11.8 Å². The molecule has 0 unspecified atom stereocenters. The van der Waals surface area contributed by atoms with Crippen molar-refractivity contribution in [2.75, 3.05) is 12.4 Å². The Labute approximate surface area is 118 Å². The first-order chi connectivity index (χ1) is 9.22. The molecular weight excluding hydrogens is 254 g/mol. The SMILES string of the molecule is CCc1nc(NC)cc(SCc2ccccc2C)n1. The number of hydrogen-bond acceptors (Lipinski definition) is 4. The molecule has 0 bridgehead atoms. The second kappa shape index (κ2) is 6.57. The summed E-state index contributed by atoms with van der Waals surface area (Å²) in [5.74, 6) is 2.72. The maximum atomic E-state index is 4.56. The predicted molar refractivity (Wildman–Crippen MR) is 81.7 cm³/mol. The first kappa shape index (κ1) is 13.9. The van der Waals surface area contributed by atoms with E-state index in [0.717, 1.165) is 28.8 Å². The van der Waals surface area contributed by atoms with Crippen molar-refractivity contribution in [3.63, 3.8) is 0 Å². The standard InChI is InChI=1S/C15H19N3S/c1-4-13-17-14(16-3)9-15(18-13)19-10-12-8-6-5-7-11(12)2/h5-9H,4,10H2,1-3H3,(H,16,17,18). The summed E-state index contributed by atoms with van der Waals surface area (Å²) in [4.78, 5) is 8.96. The second-order valence-corrected chi connectivity index (χ2v) is 5.32. The molecule has 4 heteroatoms. The van der Waals surface area contributed by atoms with Crippen LogP contribution in [0.3, 0.4) is 0 Å². The first-order valence-electron chi connectivity index (χ1n) is 6.46. The van der Waals surface area contributed by atoms with E-state index < -0.39 is 0 Å². The quantitative estimate of drug-likeness (QED) is 0.666. The third-order valence-corrected chi connectivity index (χ3v) is 3.92. The smallest absolute Gasteiger partial charge is 0.131 e. The Kier molecular flexibility index (Phi) is 4.80. The van der Waals surface area contributed by atoms with E-state index in [9.17, 15) is 0 Å². The molecule has 0 radical (unpaired) electrons. The summed E-state index contributed by atoms with van der Waals surface area (Å²) in [6.07, 6.45) is 0.855. The van der Waals surface area contributed by atoms with Crippen molar-refractivity contribution in [1.82, 2.24) is 9.97 Å². The average molecular weight is 273 g/mol. The minimum atomic E-state index is 0.855. The Morgan fingerprint density at radius 1 is 1.21 bits per heavy atom. The van der Waals surface area contributed by atoms with Gasteiger partial charge in [-0.2, -0.15) is 0 Å².